The SMILES string of the molecule is C[C@@H]1CN([C@@H](C)CO)S(=O)(=O)c2ccc(-c3ccccc3F)cc2O[C@@H]1CN(C)C. The van der Waals surface area contributed by atoms with Gasteiger partial charge in [-0.05, 0) is 44.8 Å². The number of sulfonamides is 1. The largest absolute Gasteiger partial charge is 0.487 e. The van der Waals surface area contributed by atoms with Gasteiger partial charge in [0, 0.05) is 30.6 Å². The molecular weight excluding hydrogens is 407 g/mol. The molecule has 1 aliphatic rings. The van der Waals surface area contributed by atoms with Crippen LogP contribution < -0.4 is 4.74 Å². The fourth-order valence-electron chi connectivity index (χ4n) is 3.67. The number of aliphatic hydroxyl groups excluding tert-OH is 1. The second-order valence-electron chi connectivity index (χ2n) is 8.14. The number of rotatable bonds is 5. The lowest BCUT2D eigenvalue weighted by Gasteiger charge is -2.37. The van der Waals surface area contributed by atoms with Crippen molar-refractivity contribution < 1.29 is 22.7 Å². The van der Waals surface area contributed by atoms with Gasteiger partial charge in [-0.1, -0.05) is 31.2 Å². The molecule has 30 heavy (non-hydrogen) atoms. The van der Waals surface area contributed by atoms with Crippen LogP contribution in [0.4, 0.5) is 4.39 Å². The van der Waals surface area contributed by atoms with Crippen molar-refractivity contribution in [1.82, 2.24) is 9.21 Å². The van der Waals surface area contributed by atoms with Gasteiger partial charge in [0.2, 0.25) is 10.0 Å². The van der Waals surface area contributed by atoms with E-state index in [0.717, 1.165) is 0 Å². The molecule has 8 heteroatoms. The number of nitrogens with zero attached hydrogens (tertiary/aromatic N) is 2. The highest BCUT2D eigenvalue weighted by molar-refractivity contribution is 7.89. The summed E-state index contributed by atoms with van der Waals surface area (Å²) in [6, 6.07) is 10.4. The van der Waals surface area contributed by atoms with Crippen LogP contribution in [0.5, 0.6) is 5.75 Å². The van der Waals surface area contributed by atoms with Crippen LogP contribution in [-0.2, 0) is 10.0 Å². The van der Waals surface area contributed by atoms with Crippen LogP contribution in [0.2, 0.25) is 0 Å². The lowest BCUT2D eigenvalue weighted by Crippen LogP contribution is -2.49. The third-order valence-corrected chi connectivity index (χ3v) is 7.42. The number of hydrogen-bond donors (Lipinski definition) is 1. The molecule has 3 rings (SSSR count). The van der Waals surface area contributed by atoms with E-state index < -0.39 is 16.1 Å². The van der Waals surface area contributed by atoms with Gasteiger partial charge >= 0.3 is 0 Å². The summed E-state index contributed by atoms with van der Waals surface area (Å²) in [4.78, 5) is 2.01. The van der Waals surface area contributed by atoms with E-state index in [9.17, 15) is 17.9 Å². The summed E-state index contributed by atoms with van der Waals surface area (Å²) < 4.78 is 48.7. The van der Waals surface area contributed by atoms with Crippen LogP contribution in [0.3, 0.4) is 0 Å². The first-order valence-electron chi connectivity index (χ1n) is 9.98. The van der Waals surface area contributed by atoms with Crippen molar-refractivity contribution in [1.29, 1.82) is 0 Å². The van der Waals surface area contributed by atoms with Crippen molar-refractivity contribution in [2.24, 2.45) is 5.92 Å². The van der Waals surface area contributed by atoms with Gasteiger partial charge < -0.3 is 14.7 Å². The summed E-state index contributed by atoms with van der Waals surface area (Å²) in [5.74, 6) is -0.314. The Labute approximate surface area is 177 Å². The van der Waals surface area contributed by atoms with E-state index in [2.05, 4.69) is 0 Å². The van der Waals surface area contributed by atoms with E-state index in [1.807, 2.05) is 25.9 Å². The van der Waals surface area contributed by atoms with E-state index in [-0.39, 0.29) is 41.6 Å². The van der Waals surface area contributed by atoms with Gasteiger partial charge in [-0.25, -0.2) is 12.8 Å². The Morgan fingerprint density at radius 2 is 1.97 bits per heavy atom. The second-order valence-corrected chi connectivity index (χ2v) is 10.0. The van der Waals surface area contributed by atoms with E-state index >= 15 is 0 Å². The average molecular weight is 437 g/mol. The first-order valence-corrected chi connectivity index (χ1v) is 11.4. The van der Waals surface area contributed by atoms with Gasteiger partial charge in [-0.2, -0.15) is 4.31 Å². The zero-order chi connectivity index (χ0) is 22.1. The Morgan fingerprint density at radius 3 is 2.60 bits per heavy atom. The molecule has 1 aliphatic heterocycles. The molecule has 164 valence electrons. The minimum Gasteiger partial charge on any atom is -0.487 e. The maximum absolute atomic E-state index is 14.3. The number of hydrogen-bond acceptors (Lipinski definition) is 5. The number of fused-ring (bicyclic) bond motifs is 1. The molecule has 0 bridgehead atoms. The Balaban J connectivity index is 2.17. The van der Waals surface area contributed by atoms with Gasteiger partial charge in [0.05, 0.1) is 6.61 Å². The third-order valence-electron chi connectivity index (χ3n) is 5.40. The molecular formula is C22H29FN2O4S. The third kappa shape index (κ3) is 4.51. The Bertz CT molecular complexity index is 996. The Hall–Kier alpha value is -2.00. The number of likely N-dealkylation sites (N-methyl/N-ethyl adjacent to an activating group) is 1. The lowest BCUT2D eigenvalue weighted by atomic mass is 10.0. The average Bonchev–Trinajstić information content (AvgIpc) is 2.69. The fraction of sp³-hybridized carbons (Fsp3) is 0.455. The monoisotopic (exact) mass is 436 g/mol. The minimum atomic E-state index is -3.91. The molecule has 2 aromatic carbocycles. The standard InChI is InChI=1S/C22H29FN2O4S/c1-15-12-25(16(2)14-26)30(27,28)22-10-9-17(18-7-5-6-8-19(18)23)11-20(22)29-21(15)13-24(3)4/h5-11,15-16,21,26H,12-14H2,1-4H3/t15-,16+,21-/m1/s1. The summed E-state index contributed by atoms with van der Waals surface area (Å²) in [6.45, 7) is 4.16. The van der Waals surface area contributed by atoms with Gasteiger partial charge in [0.1, 0.15) is 22.6 Å². The molecule has 6 nitrogen and oxygen atoms in total. The summed E-state index contributed by atoms with van der Waals surface area (Å²) in [6.07, 6.45) is -0.279. The van der Waals surface area contributed by atoms with Gasteiger partial charge in [-0.3, -0.25) is 0 Å². The van der Waals surface area contributed by atoms with Crippen molar-refractivity contribution in [3.63, 3.8) is 0 Å². The molecule has 0 fully saturated rings. The highest BCUT2D eigenvalue weighted by Crippen LogP contribution is 2.37. The van der Waals surface area contributed by atoms with Crippen LogP contribution in [0.25, 0.3) is 11.1 Å². The summed E-state index contributed by atoms with van der Waals surface area (Å²) in [5, 5.41) is 9.66. The molecule has 0 spiro atoms. The molecule has 0 aromatic heterocycles. The molecule has 1 heterocycles. The van der Waals surface area contributed by atoms with Crippen LogP contribution in [0, 0.1) is 11.7 Å². The molecule has 0 amide bonds. The molecule has 0 saturated carbocycles. The van der Waals surface area contributed by atoms with Crippen LogP contribution >= 0.6 is 0 Å². The maximum Gasteiger partial charge on any atom is 0.247 e. The topological polar surface area (TPSA) is 70.1 Å². The van der Waals surface area contributed by atoms with Crippen molar-refractivity contribution >= 4 is 10.0 Å². The molecule has 2 aromatic rings. The molecule has 3 atom stereocenters. The van der Waals surface area contributed by atoms with Crippen molar-refractivity contribution in [2.75, 3.05) is 33.8 Å². The van der Waals surface area contributed by atoms with Crippen molar-refractivity contribution in [2.45, 2.75) is 30.9 Å². The second kappa shape index (κ2) is 9.01. The number of benzene rings is 2. The predicted octanol–water partition coefficient (Wildman–Crippen LogP) is 2.82. The predicted molar refractivity (Wildman–Crippen MR) is 114 cm³/mol. The zero-order valence-electron chi connectivity index (χ0n) is 17.7. The first kappa shape index (κ1) is 22.7. The first-order chi connectivity index (χ1) is 14.1. The Morgan fingerprint density at radius 1 is 1.27 bits per heavy atom. The number of ether oxygens (including phenoxy) is 1. The maximum atomic E-state index is 14.3. The lowest BCUT2D eigenvalue weighted by molar-refractivity contribution is 0.0813. The van der Waals surface area contributed by atoms with E-state index in [1.165, 1.54) is 16.4 Å². The molecule has 0 aliphatic carbocycles. The highest BCUT2D eigenvalue weighted by atomic mass is 32.2. The zero-order valence-corrected chi connectivity index (χ0v) is 18.6. The number of halogens is 1. The van der Waals surface area contributed by atoms with Crippen molar-refractivity contribution in [3.05, 3.63) is 48.3 Å². The van der Waals surface area contributed by atoms with Crippen LogP contribution in [0.1, 0.15) is 13.8 Å². The van der Waals surface area contributed by atoms with E-state index in [4.69, 9.17) is 4.74 Å². The smallest absolute Gasteiger partial charge is 0.247 e. The number of aliphatic hydroxyl groups is 1. The fourth-order valence-corrected chi connectivity index (χ4v) is 5.49. The Kier molecular flexibility index (Phi) is 6.81. The summed E-state index contributed by atoms with van der Waals surface area (Å²) in [7, 11) is -0.0529. The minimum absolute atomic E-state index is 0.0264. The summed E-state index contributed by atoms with van der Waals surface area (Å²) >= 11 is 0. The molecule has 0 unspecified atom stereocenters. The van der Waals surface area contributed by atoms with Gasteiger partial charge in [-0.15, -0.1) is 0 Å². The van der Waals surface area contributed by atoms with Crippen molar-refractivity contribution in [3.8, 4) is 16.9 Å². The van der Waals surface area contributed by atoms with E-state index in [1.54, 1.807) is 37.3 Å². The van der Waals surface area contributed by atoms with E-state index in [0.29, 0.717) is 17.7 Å². The highest BCUT2D eigenvalue weighted by Gasteiger charge is 2.38. The molecule has 1 N–H and O–H groups in total. The normalized spacial score (nSPS) is 22.6. The quantitative estimate of drug-likeness (QED) is 0.781. The van der Waals surface area contributed by atoms with Gasteiger partial charge in [0.25, 0.3) is 0 Å². The molecule has 0 saturated heterocycles. The van der Waals surface area contributed by atoms with Crippen LogP contribution in [0.15, 0.2) is 47.4 Å². The van der Waals surface area contributed by atoms with Gasteiger partial charge in [0.15, 0.2) is 0 Å². The summed E-state index contributed by atoms with van der Waals surface area (Å²) in [5.41, 5.74) is 0.918. The van der Waals surface area contributed by atoms with Crippen LogP contribution in [-0.4, -0.2) is 68.7 Å². The molecule has 0 radical (unpaired) electrons.